The van der Waals surface area contributed by atoms with Gasteiger partial charge in [0.2, 0.25) is 0 Å². The van der Waals surface area contributed by atoms with Crippen molar-refractivity contribution in [1.82, 2.24) is 14.8 Å². The number of thioether (sulfide) groups is 1. The fourth-order valence-corrected chi connectivity index (χ4v) is 3.59. The zero-order valence-corrected chi connectivity index (χ0v) is 16.3. The number of Topliss-reactive ketones (excluding diaryl/α,β-unsaturated/α-hetero) is 1. The van der Waals surface area contributed by atoms with Gasteiger partial charge in [-0.25, -0.2) is 0 Å². The number of halogens is 1. The van der Waals surface area contributed by atoms with Crippen molar-refractivity contribution in [2.75, 3.05) is 12.9 Å². The first-order valence-electron chi connectivity index (χ1n) is 7.95. The molecule has 0 N–H and O–H groups in total. The summed E-state index contributed by atoms with van der Waals surface area (Å²) in [6, 6.07) is 13.1. The molecule has 0 amide bonds. The fourth-order valence-electron chi connectivity index (χ4n) is 2.53. The average Bonchev–Trinajstić information content (AvgIpc) is 3.00. The zero-order chi connectivity index (χ0) is 18.7. The van der Waals surface area contributed by atoms with Crippen LogP contribution in [0.3, 0.4) is 0 Å². The van der Waals surface area contributed by atoms with Gasteiger partial charge in [0.05, 0.1) is 17.9 Å². The summed E-state index contributed by atoms with van der Waals surface area (Å²) in [6.07, 6.45) is 0. The summed E-state index contributed by atoms with van der Waals surface area (Å²) in [5.74, 6) is 1.55. The van der Waals surface area contributed by atoms with Gasteiger partial charge in [0.25, 0.3) is 0 Å². The first-order valence-corrected chi connectivity index (χ1v) is 9.32. The molecular formula is C19H18ClN3O2S. The highest BCUT2D eigenvalue weighted by molar-refractivity contribution is 7.99. The summed E-state index contributed by atoms with van der Waals surface area (Å²) in [4.78, 5) is 12.4. The van der Waals surface area contributed by atoms with Crippen LogP contribution in [0.2, 0.25) is 5.02 Å². The van der Waals surface area contributed by atoms with Crippen molar-refractivity contribution >= 4 is 29.1 Å². The van der Waals surface area contributed by atoms with Crippen molar-refractivity contribution in [2.45, 2.75) is 12.1 Å². The van der Waals surface area contributed by atoms with Crippen LogP contribution in [0.5, 0.6) is 5.75 Å². The number of methoxy groups -OCH3 is 1. The molecular weight excluding hydrogens is 370 g/mol. The second kappa shape index (κ2) is 7.93. The number of ether oxygens (including phenoxy) is 1. The molecule has 5 nitrogen and oxygen atoms in total. The lowest BCUT2D eigenvalue weighted by atomic mass is 10.1. The van der Waals surface area contributed by atoms with Crippen molar-refractivity contribution in [3.05, 3.63) is 58.6 Å². The number of carbonyl (C=O) groups excluding carboxylic acids is 1. The first kappa shape index (κ1) is 18.5. The molecule has 1 aromatic heterocycles. The van der Waals surface area contributed by atoms with Crippen LogP contribution in [0.25, 0.3) is 11.4 Å². The minimum absolute atomic E-state index is 0.0281. The molecule has 3 rings (SSSR count). The molecule has 3 aromatic rings. The lowest BCUT2D eigenvalue weighted by Crippen LogP contribution is -2.04. The predicted molar refractivity (Wildman–Crippen MR) is 104 cm³/mol. The third-order valence-electron chi connectivity index (χ3n) is 3.92. The van der Waals surface area contributed by atoms with Gasteiger partial charge in [0, 0.05) is 18.2 Å². The molecule has 1 heterocycles. The number of rotatable bonds is 6. The van der Waals surface area contributed by atoms with Crippen LogP contribution in [-0.2, 0) is 7.05 Å². The van der Waals surface area contributed by atoms with Crippen LogP contribution in [-0.4, -0.2) is 33.4 Å². The van der Waals surface area contributed by atoms with E-state index in [0.717, 1.165) is 17.0 Å². The quantitative estimate of drug-likeness (QED) is 0.462. The molecule has 0 bridgehead atoms. The van der Waals surface area contributed by atoms with Crippen LogP contribution in [0.4, 0.5) is 0 Å². The normalized spacial score (nSPS) is 10.8. The molecule has 0 aliphatic carbocycles. The molecule has 2 aromatic carbocycles. The Balaban J connectivity index is 1.72. The van der Waals surface area contributed by atoms with Crippen LogP contribution >= 0.6 is 23.4 Å². The summed E-state index contributed by atoms with van der Waals surface area (Å²) in [5, 5.41) is 9.58. The van der Waals surface area contributed by atoms with Gasteiger partial charge in [0.1, 0.15) is 5.75 Å². The monoisotopic (exact) mass is 387 g/mol. The van der Waals surface area contributed by atoms with Crippen LogP contribution < -0.4 is 4.74 Å². The van der Waals surface area contributed by atoms with E-state index in [-0.39, 0.29) is 11.5 Å². The Hall–Kier alpha value is -2.31. The van der Waals surface area contributed by atoms with E-state index in [2.05, 4.69) is 16.3 Å². The number of hydrogen-bond acceptors (Lipinski definition) is 5. The van der Waals surface area contributed by atoms with Gasteiger partial charge in [-0.2, -0.15) is 0 Å². The first-order chi connectivity index (χ1) is 12.5. The number of carbonyl (C=O) groups is 1. The third-order valence-corrected chi connectivity index (χ3v) is 5.23. The number of nitrogens with zero attached hydrogens (tertiary/aromatic N) is 3. The second-order valence-corrected chi connectivity index (χ2v) is 7.15. The number of ketones is 1. The largest absolute Gasteiger partial charge is 0.495 e. The molecule has 0 atom stereocenters. The molecule has 0 spiro atoms. The molecule has 0 aliphatic heterocycles. The van der Waals surface area contributed by atoms with E-state index in [1.165, 1.54) is 11.8 Å². The molecule has 7 heteroatoms. The smallest absolute Gasteiger partial charge is 0.191 e. The highest BCUT2D eigenvalue weighted by Gasteiger charge is 2.15. The Morgan fingerprint density at radius 3 is 2.73 bits per heavy atom. The highest BCUT2D eigenvalue weighted by atomic mass is 35.5. The molecule has 0 saturated heterocycles. The number of aryl methyl sites for hydroxylation is 1. The van der Waals surface area contributed by atoms with E-state index in [0.29, 0.717) is 21.5 Å². The number of benzene rings is 2. The molecule has 26 heavy (non-hydrogen) atoms. The SMILES string of the molecule is COc1ccc(C(=O)CSc2nnc(-c3cccc(C)c3)n2C)cc1Cl. The predicted octanol–water partition coefficient (Wildman–Crippen LogP) is 4.43. The Labute approximate surface area is 161 Å². The third kappa shape index (κ3) is 3.92. The van der Waals surface area contributed by atoms with Gasteiger partial charge in [-0.1, -0.05) is 47.1 Å². The average molecular weight is 388 g/mol. The highest BCUT2D eigenvalue weighted by Crippen LogP contribution is 2.27. The van der Waals surface area contributed by atoms with E-state index >= 15 is 0 Å². The molecule has 134 valence electrons. The van der Waals surface area contributed by atoms with Gasteiger partial charge in [0.15, 0.2) is 16.8 Å². The maximum absolute atomic E-state index is 12.4. The van der Waals surface area contributed by atoms with Gasteiger partial charge < -0.3 is 9.30 Å². The molecule has 0 unspecified atom stereocenters. The Morgan fingerprint density at radius 2 is 2.04 bits per heavy atom. The van der Waals surface area contributed by atoms with Crippen molar-refractivity contribution in [3.63, 3.8) is 0 Å². The summed E-state index contributed by atoms with van der Waals surface area (Å²) < 4.78 is 7.00. The Kier molecular flexibility index (Phi) is 5.64. The lowest BCUT2D eigenvalue weighted by Gasteiger charge is -2.06. The van der Waals surface area contributed by atoms with Crippen LogP contribution in [0, 0.1) is 6.92 Å². The maximum atomic E-state index is 12.4. The van der Waals surface area contributed by atoms with Gasteiger partial charge >= 0.3 is 0 Å². The summed E-state index contributed by atoms with van der Waals surface area (Å²) >= 11 is 7.44. The van der Waals surface area contributed by atoms with Crippen molar-refractivity contribution < 1.29 is 9.53 Å². The summed E-state index contributed by atoms with van der Waals surface area (Å²) in [5.41, 5.74) is 2.70. The van der Waals surface area contributed by atoms with Gasteiger partial charge in [-0.3, -0.25) is 4.79 Å². The lowest BCUT2D eigenvalue weighted by molar-refractivity contribution is 0.102. The molecule has 0 saturated carbocycles. The minimum atomic E-state index is -0.0281. The number of aromatic nitrogens is 3. The minimum Gasteiger partial charge on any atom is -0.495 e. The van der Waals surface area contributed by atoms with Crippen molar-refractivity contribution in [3.8, 4) is 17.1 Å². The fraction of sp³-hybridized carbons (Fsp3) is 0.211. The van der Waals surface area contributed by atoms with E-state index in [1.54, 1.807) is 25.3 Å². The molecule has 0 aliphatic rings. The van der Waals surface area contributed by atoms with Crippen LogP contribution in [0.1, 0.15) is 15.9 Å². The van der Waals surface area contributed by atoms with E-state index in [4.69, 9.17) is 16.3 Å². The van der Waals surface area contributed by atoms with E-state index in [1.807, 2.05) is 36.7 Å². The van der Waals surface area contributed by atoms with E-state index in [9.17, 15) is 4.79 Å². The van der Waals surface area contributed by atoms with Crippen LogP contribution in [0.15, 0.2) is 47.6 Å². The second-order valence-electron chi connectivity index (χ2n) is 5.80. The Morgan fingerprint density at radius 1 is 1.23 bits per heavy atom. The zero-order valence-electron chi connectivity index (χ0n) is 14.7. The van der Waals surface area contributed by atoms with Crippen molar-refractivity contribution in [1.29, 1.82) is 0 Å². The van der Waals surface area contributed by atoms with E-state index < -0.39 is 0 Å². The topological polar surface area (TPSA) is 57.0 Å². The maximum Gasteiger partial charge on any atom is 0.191 e. The standard InChI is InChI=1S/C19H18ClN3O2S/c1-12-5-4-6-14(9-12)18-21-22-19(23(18)2)26-11-16(24)13-7-8-17(25-3)15(20)10-13/h4-10H,11H2,1-3H3. The Bertz CT molecular complexity index is 956. The molecule has 0 fully saturated rings. The van der Waals surface area contributed by atoms with Crippen molar-refractivity contribution in [2.24, 2.45) is 7.05 Å². The van der Waals surface area contributed by atoms with Gasteiger partial charge in [-0.15, -0.1) is 10.2 Å². The van der Waals surface area contributed by atoms with Gasteiger partial charge in [-0.05, 0) is 31.2 Å². The number of hydrogen-bond donors (Lipinski definition) is 0. The molecule has 0 radical (unpaired) electrons. The summed E-state index contributed by atoms with van der Waals surface area (Å²) in [6.45, 7) is 2.04. The summed E-state index contributed by atoms with van der Waals surface area (Å²) in [7, 11) is 3.44.